The van der Waals surface area contributed by atoms with E-state index in [1.54, 1.807) is 0 Å². The van der Waals surface area contributed by atoms with E-state index < -0.39 is 19.7 Å². The quantitative estimate of drug-likeness (QED) is 0.565. The van der Waals surface area contributed by atoms with Gasteiger partial charge in [0.05, 0.1) is 6.04 Å². The van der Waals surface area contributed by atoms with Crippen molar-refractivity contribution in [2.24, 2.45) is 5.41 Å². The third-order valence-corrected chi connectivity index (χ3v) is 12.7. The van der Waals surface area contributed by atoms with Crippen molar-refractivity contribution in [3.8, 4) is 0 Å². The molecule has 1 saturated heterocycles. The Bertz CT molecular complexity index is 453. The second-order valence-corrected chi connectivity index (χ2v) is 17.4. The molecule has 6 heteroatoms. The lowest BCUT2D eigenvalue weighted by Gasteiger charge is -2.41. The molecule has 2 N–H and O–H groups in total. The van der Waals surface area contributed by atoms with Crippen LogP contribution in [0.5, 0.6) is 0 Å². The van der Waals surface area contributed by atoms with Crippen LogP contribution >= 0.6 is 0 Å². The standard InChI is InChI=1S/C19H40N2O2SSi/c1-17(2,3)24(22)21-16-13-15(23-25(7,8)18(4,5)6)14-19(16)9-11-20-12-10-19/h15-16,20-21H,9-14H2,1-8H3/t15-,16-,24?/m1/s1. The summed E-state index contributed by atoms with van der Waals surface area (Å²) >= 11 is -1.02. The SMILES string of the molecule is CC(C)(C)[S+]([O-])N[C@@H]1C[C@@H](O[Si](C)(C)C(C)(C)C)CC12CCNCC2. The zero-order chi connectivity index (χ0) is 19.1. The van der Waals surface area contributed by atoms with Gasteiger partial charge in [-0.15, -0.1) is 4.72 Å². The molecule has 1 heterocycles. The van der Waals surface area contributed by atoms with Crippen LogP contribution in [0.1, 0.15) is 67.2 Å². The molecule has 2 fully saturated rings. The highest BCUT2D eigenvalue weighted by Crippen LogP contribution is 2.49. The van der Waals surface area contributed by atoms with Crippen LogP contribution in [0.25, 0.3) is 0 Å². The Morgan fingerprint density at radius 1 is 1.12 bits per heavy atom. The second kappa shape index (κ2) is 7.44. The summed E-state index contributed by atoms with van der Waals surface area (Å²) < 4.78 is 22.8. The molecular formula is C19H40N2O2SSi. The highest BCUT2D eigenvalue weighted by molar-refractivity contribution is 7.90. The molecule has 0 bridgehead atoms. The first-order chi connectivity index (χ1) is 11.3. The lowest BCUT2D eigenvalue weighted by atomic mass is 9.75. The molecule has 4 nitrogen and oxygen atoms in total. The molecule has 0 radical (unpaired) electrons. The van der Waals surface area contributed by atoms with E-state index in [9.17, 15) is 4.55 Å². The molecule has 25 heavy (non-hydrogen) atoms. The Balaban J connectivity index is 2.14. The monoisotopic (exact) mass is 388 g/mol. The summed E-state index contributed by atoms with van der Waals surface area (Å²) in [5, 5.41) is 3.72. The number of piperidine rings is 1. The lowest BCUT2D eigenvalue weighted by molar-refractivity contribution is 0.137. The van der Waals surface area contributed by atoms with Crippen molar-refractivity contribution < 1.29 is 8.98 Å². The summed E-state index contributed by atoms with van der Waals surface area (Å²) in [7, 11) is -1.78. The minimum absolute atomic E-state index is 0.230. The molecule has 1 saturated carbocycles. The highest BCUT2D eigenvalue weighted by atomic mass is 32.2. The Morgan fingerprint density at radius 3 is 2.16 bits per heavy atom. The lowest BCUT2D eigenvalue weighted by Crippen LogP contribution is -2.52. The van der Waals surface area contributed by atoms with Gasteiger partial charge in [0, 0.05) is 17.5 Å². The van der Waals surface area contributed by atoms with Gasteiger partial charge < -0.3 is 14.3 Å². The topological polar surface area (TPSA) is 56.3 Å². The van der Waals surface area contributed by atoms with Gasteiger partial charge in [-0.2, -0.15) is 0 Å². The molecule has 0 aromatic heterocycles. The van der Waals surface area contributed by atoms with E-state index in [1.165, 1.54) is 0 Å². The van der Waals surface area contributed by atoms with Crippen LogP contribution in [0.2, 0.25) is 18.1 Å². The molecule has 0 aromatic carbocycles. The minimum atomic E-state index is -1.78. The van der Waals surface area contributed by atoms with Crippen LogP contribution in [0.15, 0.2) is 0 Å². The van der Waals surface area contributed by atoms with Gasteiger partial charge in [0.2, 0.25) is 0 Å². The predicted octanol–water partition coefficient (Wildman–Crippen LogP) is 3.96. The summed E-state index contributed by atoms with van der Waals surface area (Å²) in [5.41, 5.74) is 0.235. The smallest absolute Gasteiger partial charge is 0.192 e. The van der Waals surface area contributed by atoms with Crippen molar-refractivity contribution in [2.45, 2.75) is 102 Å². The third-order valence-electron chi connectivity index (χ3n) is 6.54. The van der Waals surface area contributed by atoms with E-state index in [1.807, 2.05) is 20.8 Å². The highest BCUT2D eigenvalue weighted by Gasteiger charge is 2.52. The summed E-state index contributed by atoms with van der Waals surface area (Å²) in [6.07, 6.45) is 4.72. The van der Waals surface area contributed by atoms with E-state index in [0.717, 1.165) is 38.8 Å². The van der Waals surface area contributed by atoms with Crippen molar-refractivity contribution in [3.63, 3.8) is 0 Å². The van der Waals surface area contributed by atoms with Crippen LogP contribution < -0.4 is 10.0 Å². The second-order valence-electron chi connectivity index (χ2n) is 10.6. The molecule has 1 spiro atoms. The largest absolute Gasteiger partial charge is 0.598 e. The van der Waals surface area contributed by atoms with Crippen molar-refractivity contribution >= 4 is 19.7 Å². The number of nitrogens with one attached hydrogen (secondary N) is 2. The first kappa shape index (κ1) is 21.7. The predicted molar refractivity (Wildman–Crippen MR) is 111 cm³/mol. The van der Waals surface area contributed by atoms with Crippen molar-refractivity contribution in [2.75, 3.05) is 13.1 Å². The molecular weight excluding hydrogens is 348 g/mol. The molecule has 3 atom stereocenters. The molecule has 0 aromatic rings. The summed E-state index contributed by atoms with van der Waals surface area (Å²) in [6, 6.07) is 0.296. The van der Waals surface area contributed by atoms with Crippen molar-refractivity contribution in [3.05, 3.63) is 0 Å². The Labute approximate surface area is 159 Å². The van der Waals surface area contributed by atoms with Crippen LogP contribution in [0.3, 0.4) is 0 Å². The maximum Gasteiger partial charge on any atom is 0.192 e. The van der Waals surface area contributed by atoms with Crippen LogP contribution in [0.4, 0.5) is 0 Å². The van der Waals surface area contributed by atoms with E-state index >= 15 is 0 Å². The number of rotatable bonds is 4. The van der Waals surface area contributed by atoms with Gasteiger partial charge in [0.1, 0.15) is 4.75 Å². The van der Waals surface area contributed by atoms with Crippen LogP contribution in [-0.4, -0.2) is 42.9 Å². The molecule has 2 aliphatic rings. The fourth-order valence-electron chi connectivity index (χ4n) is 3.83. The van der Waals surface area contributed by atoms with E-state index in [0.29, 0.717) is 12.1 Å². The van der Waals surface area contributed by atoms with Gasteiger partial charge in [-0.3, -0.25) is 0 Å². The molecule has 148 valence electrons. The fourth-order valence-corrected chi connectivity index (χ4v) is 6.16. The molecule has 1 aliphatic carbocycles. The Hall–Kier alpha value is 0.407. The van der Waals surface area contributed by atoms with Gasteiger partial charge in [0.25, 0.3) is 0 Å². The van der Waals surface area contributed by atoms with E-state index in [-0.39, 0.29) is 15.2 Å². The van der Waals surface area contributed by atoms with Crippen molar-refractivity contribution in [1.82, 2.24) is 10.0 Å². The number of hydrogen-bond acceptors (Lipinski definition) is 4. The van der Waals surface area contributed by atoms with Gasteiger partial charge >= 0.3 is 0 Å². The van der Waals surface area contributed by atoms with Gasteiger partial charge in [-0.25, -0.2) is 0 Å². The average molecular weight is 389 g/mol. The normalized spacial score (nSPS) is 29.2. The first-order valence-electron chi connectivity index (χ1n) is 9.83. The zero-order valence-electron chi connectivity index (χ0n) is 17.6. The minimum Gasteiger partial charge on any atom is -0.598 e. The average Bonchev–Trinajstić information content (AvgIpc) is 2.73. The summed E-state index contributed by atoms with van der Waals surface area (Å²) in [5.74, 6) is 0. The zero-order valence-corrected chi connectivity index (χ0v) is 19.4. The maximum absolute atomic E-state index is 12.7. The Morgan fingerprint density at radius 2 is 1.68 bits per heavy atom. The van der Waals surface area contributed by atoms with Gasteiger partial charge in [0.15, 0.2) is 8.32 Å². The fraction of sp³-hybridized carbons (Fsp3) is 1.00. The molecule has 0 amide bonds. The molecule has 1 aliphatic heterocycles. The van der Waals surface area contributed by atoms with Crippen LogP contribution in [-0.2, 0) is 15.8 Å². The molecule has 1 unspecified atom stereocenters. The summed E-state index contributed by atoms with van der Waals surface area (Å²) in [4.78, 5) is 0. The van der Waals surface area contributed by atoms with Crippen LogP contribution in [0, 0.1) is 5.41 Å². The Kier molecular flexibility index (Phi) is 6.46. The molecule has 2 rings (SSSR count). The van der Waals surface area contributed by atoms with E-state index in [2.05, 4.69) is 43.9 Å². The first-order valence-corrected chi connectivity index (χ1v) is 13.9. The van der Waals surface area contributed by atoms with Crippen molar-refractivity contribution in [1.29, 1.82) is 0 Å². The van der Waals surface area contributed by atoms with E-state index in [4.69, 9.17) is 4.43 Å². The van der Waals surface area contributed by atoms with Gasteiger partial charge in [-0.1, -0.05) is 20.8 Å². The summed E-state index contributed by atoms with van der Waals surface area (Å²) in [6.45, 7) is 19.9. The van der Waals surface area contributed by atoms with Gasteiger partial charge in [-0.05, 0) is 83.1 Å². The third kappa shape index (κ3) is 5.02. The number of hydrogen-bond donors (Lipinski definition) is 2. The maximum atomic E-state index is 12.7.